The van der Waals surface area contributed by atoms with Gasteiger partial charge in [0.15, 0.2) is 0 Å². The SMILES string of the molecule is CC(=O)OCCN(CCOC(C)=O)CC(c1ccccc1)c1ccccc1. The molecule has 5 nitrogen and oxygen atoms in total. The molecule has 0 amide bonds. The summed E-state index contributed by atoms with van der Waals surface area (Å²) in [4.78, 5) is 24.3. The highest BCUT2D eigenvalue weighted by molar-refractivity contribution is 5.66. The number of rotatable bonds is 10. The normalized spacial score (nSPS) is 10.8. The molecule has 2 rings (SSSR count). The molecule has 0 N–H and O–H groups in total. The highest BCUT2D eigenvalue weighted by Crippen LogP contribution is 2.25. The number of carbonyl (C=O) groups excluding carboxylic acids is 2. The first-order valence-corrected chi connectivity index (χ1v) is 9.15. The second kappa shape index (κ2) is 11.1. The van der Waals surface area contributed by atoms with Crippen molar-refractivity contribution < 1.29 is 19.1 Å². The largest absolute Gasteiger partial charge is 0.465 e. The predicted molar refractivity (Wildman–Crippen MR) is 104 cm³/mol. The average Bonchev–Trinajstić information content (AvgIpc) is 2.66. The van der Waals surface area contributed by atoms with E-state index < -0.39 is 0 Å². The van der Waals surface area contributed by atoms with E-state index in [4.69, 9.17) is 9.47 Å². The maximum atomic E-state index is 11.1. The van der Waals surface area contributed by atoms with Crippen molar-refractivity contribution in [1.82, 2.24) is 4.90 Å². The van der Waals surface area contributed by atoms with E-state index in [2.05, 4.69) is 29.2 Å². The van der Waals surface area contributed by atoms with Crippen LogP contribution in [-0.4, -0.2) is 49.7 Å². The van der Waals surface area contributed by atoms with Gasteiger partial charge in [0.1, 0.15) is 13.2 Å². The summed E-state index contributed by atoms with van der Waals surface area (Å²) >= 11 is 0. The van der Waals surface area contributed by atoms with Crippen LogP contribution in [0.15, 0.2) is 60.7 Å². The standard InChI is InChI=1S/C22H27NO4/c1-18(24)26-15-13-23(14-16-27-19(2)25)17-22(20-9-5-3-6-10-20)21-11-7-4-8-12-21/h3-12,22H,13-17H2,1-2H3. The molecular weight excluding hydrogens is 342 g/mol. The van der Waals surface area contributed by atoms with Gasteiger partial charge in [-0.1, -0.05) is 60.7 Å². The van der Waals surface area contributed by atoms with Crippen LogP contribution in [0.1, 0.15) is 30.9 Å². The summed E-state index contributed by atoms with van der Waals surface area (Å²) < 4.78 is 10.2. The summed E-state index contributed by atoms with van der Waals surface area (Å²) in [7, 11) is 0. The average molecular weight is 369 g/mol. The van der Waals surface area contributed by atoms with Gasteiger partial charge in [-0.2, -0.15) is 0 Å². The minimum absolute atomic E-state index is 0.169. The first-order valence-electron chi connectivity index (χ1n) is 9.15. The Hall–Kier alpha value is -2.66. The molecule has 0 atom stereocenters. The smallest absolute Gasteiger partial charge is 0.302 e. The van der Waals surface area contributed by atoms with Crippen molar-refractivity contribution in [3.05, 3.63) is 71.8 Å². The van der Waals surface area contributed by atoms with Crippen molar-refractivity contribution >= 4 is 11.9 Å². The van der Waals surface area contributed by atoms with Gasteiger partial charge in [-0.05, 0) is 11.1 Å². The molecule has 27 heavy (non-hydrogen) atoms. The van der Waals surface area contributed by atoms with Crippen molar-refractivity contribution in [3.63, 3.8) is 0 Å². The van der Waals surface area contributed by atoms with E-state index in [1.807, 2.05) is 36.4 Å². The molecule has 0 bridgehead atoms. The molecule has 2 aromatic carbocycles. The lowest BCUT2D eigenvalue weighted by molar-refractivity contribution is -0.141. The summed E-state index contributed by atoms with van der Waals surface area (Å²) in [5, 5.41) is 0. The third kappa shape index (κ3) is 7.62. The zero-order valence-corrected chi connectivity index (χ0v) is 16.0. The molecule has 0 saturated heterocycles. The minimum atomic E-state index is -0.294. The quantitative estimate of drug-likeness (QED) is 0.602. The van der Waals surface area contributed by atoms with Gasteiger partial charge in [-0.3, -0.25) is 14.5 Å². The topological polar surface area (TPSA) is 55.8 Å². The zero-order valence-electron chi connectivity index (χ0n) is 16.0. The lowest BCUT2D eigenvalue weighted by Gasteiger charge is -2.28. The van der Waals surface area contributed by atoms with Crippen molar-refractivity contribution in [3.8, 4) is 0 Å². The molecule has 0 unspecified atom stereocenters. The van der Waals surface area contributed by atoms with Crippen LogP contribution in [0.5, 0.6) is 0 Å². The summed E-state index contributed by atoms with van der Waals surface area (Å²) in [6.07, 6.45) is 0. The Morgan fingerprint density at radius 1 is 0.778 bits per heavy atom. The number of hydrogen-bond acceptors (Lipinski definition) is 5. The zero-order chi connectivity index (χ0) is 19.5. The van der Waals surface area contributed by atoms with Crippen LogP contribution in [0.25, 0.3) is 0 Å². The number of ether oxygens (including phenoxy) is 2. The number of nitrogens with zero attached hydrogens (tertiary/aromatic N) is 1. The summed E-state index contributed by atoms with van der Waals surface area (Å²) in [6.45, 7) is 5.32. The Kier molecular flexibility index (Phi) is 8.52. The van der Waals surface area contributed by atoms with E-state index >= 15 is 0 Å². The molecule has 0 aromatic heterocycles. The molecule has 0 aliphatic carbocycles. The van der Waals surface area contributed by atoms with Crippen LogP contribution in [0, 0.1) is 0 Å². The summed E-state index contributed by atoms with van der Waals surface area (Å²) in [5.41, 5.74) is 2.43. The fraction of sp³-hybridized carbons (Fsp3) is 0.364. The van der Waals surface area contributed by atoms with Crippen molar-refractivity contribution in [1.29, 1.82) is 0 Å². The van der Waals surface area contributed by atoms with Gasteiger partial charge >= 0.3 is 11.9 Å². The van der Waals surface area contributed by atoms with E-state index in [0.717, 1.165) is 6.54 Å². The first kappa shape index (κ1) is 20.6. The van der Waals surface area contributed by atoms with Gasteiger partial charge < -0.3 is 9.47 Å². The number of carbonyl (C=O) groups is 2. The van der Waals surface area contributed by atoms with Crippen molar-refractivity contribution in [2.24, 2.45) is 0 Å². The lowest BCUT2D eigenvalue weighted by atomic mass is 9.91. The van der Waals surface area contributed by atoms with Crippen LogP contribution in [0.2, 0.25) is 0 Å². The Balaban J connectivity index is 2.14. The maximum absolute atomic E-state index is 11.1. The van der Waals surface area contributed by atoms with Gasteiger partial charge in [0.2, 0.25) is 0 Å². The molecule has 0 spiro atoms. The highest BCUT2D eigenvalue weighted by atomic mass is 16.5. The monoisotopic (exact) mass is 369 g/mol. The molecule has 0 fully saturated rings. The lowest BCUT2D eigenvalue weighted by Crippen LogP contribution is -2.35. The maximum Gasteiger partial charge on any atom is 0.302 e. The Morgan fingerprint density at radius 2 is 1.19 bits per heavy atom. The number of benzene rings is 2. The van der Waals surface area contributed by atoms with Crippen LogP contribution in [0.3, 0.4) is 0 Å². The molecule has 2 aromatic rings. The van der Waals surface area contributed by atoms with Gasteiger partial charge in [0, 0.05) is 39.4 Å². The summed E-state index contributed by atoms with van der Waals surface area (Å²) in [5.74, 6) is -0.419. The van der Waals surface area contributed by atoms with Crippen molar-refractivity contribution in [2.75, 3.05) is 32.8 Å². The second-order valence-electron chi connectivity index (χ2n) is 6.35. The van der Waals surface area contributed by atoms with E-state index in [9.17, 15) is 9.59 Å². The third-order valence-electron chi connectivity index (χ3n) is 4.27. The number of esters is 2. The summed E-state index contributed by atoms with van der Waals surface area (Å²) in [6, 6.07) is 20.6. The molecule has 0 heterocycles. The van der Waals surface area contributed by atoms with Gasteiger partial charge in [-0.25, -0.2) is 0 Å². The second-order valence-corrected chi connectivity index (χ2v) is 6.35. The highest BCUT2D eigenvalue weighted by Gasteiger charge is 2.18. The van der Waals surface area contributed by atoms with E-state index in [1.54, 1.807) is 0 Å². The molecule has 0 aliphatic heterocycles. The Labute approximate surface area is 160 Å². The van der Waals surface area contributed by atoms with Crippen LogP contribution in [0.4, 0.5) is 0 Å². The molecule has 0 saturated carbocycles. The van der Waals surface area contributed by atoms with E-state index in [0.29, 0.717) is 26.3 Å². The Bertz CT molecular complexity index is 643. The Morgan fingerprint density at radius 3 is 1.56 bits per heavy atom. The molecular formula is C22H27NO4. The molecule has 0 radical (unpaired) electrons. The van der Waals surface area contributed by atoms with Gasteiger partial charge in [0.25, 0.3) is 0 Å². The predicted octanol–water partition coefficient (Wildman–Crippen LogP) is 3.25. The number of hydrogen-bond donors (Lipinski definition) is 0. The van der Waals surface area contributed by atoms with E-state index in [-0.39, 0.29) is 17.9 Å². The van der Waals surface area contributed by atoms with Crippen LogP contribution >= 0.6 is 0 Å². The fourth-order valence-corrected chi connectivity index (χ4v) is 2.96. The van der Waals surface area contributed by atoms with Crippen molar-refractivity contribution in [2.45, 2.75) is 19.8 Å². The molecule has 0 aliphatic rings. The third-order valence-corrected chi connectivity index (χ3v) is 4.27. The molecule has 5 heteroatoms. The minimum Gasteiger partial charge on any atom is -0.465 e. The van der Waals surface area contributed by atoms with E-state index in [1.165, 1.54) is 25.0 Å². The van der Waals surface area contributed by atoms with Gasteiger partial charge in [-0.15, -0.1) is 0 Å². The first-order chi connectivity index (χ1) is 13.1. The van der Waals surface area contributed by atoms with Crippen LogP contribution in [-0.2, 0) is 19.1 Å². The fourth-order valence-electron chi connectivity index (χ4n) is 2.96. The van der Waals surface area contributed by atoms with Crippen LogP contribution < -0.4 is 0 Å². The van der Waals surface area contributed by atoms with Gasteiger partial charge in [0.05, 0.1) is 0 Å². The molecule has 144 valence electrons.